The van der Waals surface area contributed by atoms with Crippen LogP contribution in [-0.2, 0) is 15.8 Å². The summed E-state index contributed by atoms with van der Waals surface area (Å²) in [6.07, 6.45) is 5.17. The van der Waals surface area contributed by atoms with E-state index in [1.165, 1.54) is 5.56 Å². The summed E-state index contributed by atoms with van der Waals surface area (Å²) in [5.41, 5.74) is 7.30. The summed E-state index contributed by atoms with van der Waals surface area (Å²) in [6, 6.07) is 7.97. The van der Waals surface area contributed by atoms with Gasteiger partial charge in [-0.25, -0.2) is 0 Å². The highest BCUT2D eigenvalue weighted by atomic mass is 16.5. The topological polar surface area (TPSA) is 74.2 Å². The summed E-state index contributed by atoms with van der Waals surface area (Å²) < 4.78 is 11.2. The Morgan fingerprint density at radius 2 is 1.86 bits per heavy atom. The van der Waals surface area contributed by atoms with Crippen LogP contribution in [0.4, 0.5) is 5.69 Å². The van der Waals surface area contributed by atoms with Gasteiger partial charge in [-0.3, -0.25) is 0 Å². The lowest BCUT2D eigenvalue weighted by molar-refractivity contribution is -0.0858. The molecule has 0 unspecified atom stereocenters. The second-order valence-corrected chi connectivity index (χ2v) is 6.18. The maximum atomic E-state index is 5.77. The fourth-order valence-corrected chi connectivity index (χ4v) is 3.17. The predicted octanol–water partition coefficient (Wildman–Crippen LogP) is 2.76. The highest BCUT2D eigenvalue weighted by Gasteiger charge is 2.52. The van der Waals surface area contributed by atoms with Crippen LogP contribution in [0.5, 0.6) is 0 Å². The quantitative estimate of drug-likeness (QED) is 0.874. The van der Waals surface area contributed by atoms with E-state index in [1.807, 2.05) is 12.1 Å². The van der Waals surface area contributed by atoms with Crippen LogP contribution in [0.2, 0.25) is 0 Å². The van der Waals surface area contributed by atoms with Gasteiger partial charge in [0.2, 0.25) is 11.7 Å². The molecule has 0 atom stereocenters. The van der Waals surface area contributed by atoms with Crippen LogP contribution < -0.4 is 5.73 Å². The zero-order chi connectivity index (χ0) is 14.5. The van der Waals surface area contributed by atoms with E-state index >= 15 is 0 Å². The summed E-state index contributed by atoms with van der Waals surface area (Å²) in [5.74, 6) is 1.42. The molecule has 5 nitrogen and oxygen atoms in total. The molecule has 0 radical (unpaired) electrons. The highest BCUT2D eigenvalue weighted by Crippen LogP contribution is 2.53. The van der Waals surface area contributed by atoms with Crippen molar-refractivity contribution in [3.8, 4) is 0 Å². The van der Waals surface area contributed by atoms with Crippen LogP contribution >= 0.6 is 0 Å². The summed E-state index contributed by atoms with van der Waals surface area (Å²) in [5, 5.41) is 4.19. The van der Waals surface area contributed by atoms with Crippen molar-refractivity contribution in [3.05, 3.63) is 41.5 Å². The third-order valence-electron chi connectivity index (χ3n) is 5.01. The molecule has 110 valence electrons. The minimum absolute atomic E-state index is 0.113. The Hall–Kier alpha value is -1.88. The van der Waals surface area contributed by atoms with Gasteiger partial charge in [-0.05, 0) is 49.8 Å². The average Bonchev–Trinajstić information content (AvgIpc) is 3.11. The molecule has 4 rings (SSSR count). The van der Waals surface area contributed by atoms with Crippen LogP contribution in [0.3, 0.4) is 0 Å². The minimum atomic E-state index is -0.320. The van der Waals surface area contributed by atoms with Crippen molar-refractivity contribution in [2.24, 2.45) is 0 Å². The third kappa shape index (κ3) is 1.80. The normalized spacial score (nSPS) is 21.8. The van der Waals surface area contributed by atoms with Gasteiger partial charge >= 0.3 is 0 Å². The number of ether oxygens (including phenoxy) is 1. The zero-order valence-electron chi connectivity index (χ0n) is 12.1. The molecule has 2 fully saturated rings. The molecule has 0 amide bonds. The molecule has 2 aromatic rings. The molecule has 0 aliphatic heterocycles. The summed E-state index contributed by atoms with van der Waals surface area (Å²) in [6.45, 7) is 0. The van der Waals surface area contributed by atoms with Crippen LogP contribution in [0.1, 0.15) is 49.4 Å². The molecule has 2 aliphatic carbocycles. The molecule has 21 heavy (non-hydrogen) atoms. The van der Waals surface area contributed by atoms with Crippen molar-refractivity contribution < 1.29 is 9.26 Å². The fraction of sp³-hybridized carbons (Fsp3) is 0.500. The number of nitrogen functional groups attached to an aromatic ring is 1. The van der Waals surface area contributed by atoms with E-state index in [9.17, 15) is 0 Å². The molecule has 5 heteroatoms. The molecule has 1 aromatic carbocycles. The van der Waals surface area contributed by atoms with Crippen LogP contribution in [0.25, 0.3) is 0 Å². The lowest BCUT2D eigenvalue weighted by atomic mass is 9.79. The molecule has 1 aromatic heterocycles. The van der Waals surface area contributed by atoms with Crippen molar-refractivity contribution in [3.63, 3.8) is 0 Å². The number of aromatic nitrogens is 2. The number of methoxy groups -OCH3 is 1. The van der Waals surface area contributed by atoms with Crippen molar-refractivity contribution in [1.29, 1.82) is 0 Å². The molecule has 0 spiro atoms. The number of hydrogen-bond donors (Lipinski definition) is 1. The molecule has 0 bridgehead atoms. The van der Waals surface area contributed by atoms with E-state index in [0.29, 0.717) is 11.7 Å². The van der Waals surface area contributed by atoms with E-state index in [2.05, 4.69) is 22.3 Å². The van der Waals surface area contributed by atoms with Crippen molar-refractivity contribution in [2.45, 2.75) is 43.1 Å². The number of anilines is 1. The number of nitrogens with two attached hydrogens (primary N) is 1. The van der Waals surface area contributed by atoms with Crippen molar-refractivity contribution >= 4 is 5.69 Å². The van der Waals surface area contributed by atoms with E-state index in [1.54, 1.807) is 7.11 Å². The van der Waals surface area contributed by atoms with Crippen LogP contribution in [-0.4, -0.2) is 17.3 Å². The van der Waals surface area contributed by atoms with Gasteiger partial charge in [0.05, 0.1) is 5.41 Å². The first-order valence-corrected chi connectivity index (χ1v) is 7.44. The van der Waals surface area contributed by atoms with Crippen molar-refractivity contribution in [1.82, 2.24) is 10.1 Å². The molecule has 2 saturated carbocycles. The number of nitrogens with zero attached hydrogens (tertiary/aromatic N) is 2. The lowest BCUT2D eigenvalue weighted by Crippen LogP contribution is -2.37. The second-order valence-electron chi connectivity index (χ2n) is 6.18. The van der Waals surface area contributed by atoms with E-state index in [-0.39, 0.29) is 11.0 Å². The Labute approximate surface area is 123 Å². The van der Waals surface area contributed by atoms with Gasteiger partial charge in [-0.15, -0.1) is 0 Å². The average molecular weight is 285 g/mol. The van der Waals surface area contributed by atoms with Gasteiger partial charge < -0.3 is 15.0 Å². The lowest BCUT2D eigenvalue weighted by Gasteiger charge is -2.37. The Kier molecular flexibility index (Phi) is 2.63. The standard InChI is InChI=1S/C16H19N3O2/c1-20-16(7-2-8-16)13-18-14(21-19-13)15(9-10-15)11-3-5-12(17)6-4-11/h3-6H,2,7-10,17H2,1H3. The summed E-state index contributed by atoms with van der Waals surface area (Å²) in [4.78, 5) is 4.67. The molecule has 1 heterocycles. The molecular weight excluding hydrogens is 266 g/mol. The van der Waals surface area contributed by atoms with Gasteiger partial charge in [0, 0.05) is 12.8 Å². The maximum absolute atomic E-state index is 5.77. The Morgan fingerprint density at radius 3 is 2.38 bits per heavy atom. The van der Waals surface area contributed by atoms with E-state index in [4.69, 9.17) is 15.0 Å². The number of benzene rings is 1. The molecule has 2 N–H and O–H groups in total. The Balaban J connectivity index is 1.68. The minimum Gasteiger partial charge on any atom is -0.399 e. The summed E-state index contributed by atoms with van der Waals surface area (Å²) >= 11 is 0. The Bertz CT molecular complexity index is 649. The predicted molar refractivity (Wildman–Crippen MR) is 77.7 cm³/mol. The first kappa shape index (κ1) is 12.8. The first-order valence-electron chi connectivity index (χ1n) is 7.44. The molecule has 0 saturated heterocycles. The van der Waals surface area contributed by atoms with Gasteiger partial charge in [0.15, 0.2) is 0 Å². The maximum Gasteiger partial charge on any atom is 0.237 e. The fourth-order valence-electron chi connectivity index (χ4n) is 3.17. The summed E-state index contributed by atoms with van der Waals surface area (Å²) in [7, 11) is 1.72. The highest BCUT2D eigenvalue weighted by molar-refractivity contribution is 5.46. The van der Waals surface area contributed by atoms with Gasteiger partial charge in [0.1, 0.15) is 5.60 Å². The van der Waals surface area contributed by atoms with Gasteiger partial charge in [0.25, 0.3) is 0 Å². The van der Waals surface area contributed by atoms with Gasteiger partial charge in [-0.1, -0.05) is 17.3 Å². The third-order valence-corrected chi connectivity index (χ3v) is 5.01. The van der Waals surface area contributed by atoms with E-state index in [0.717, 1.165) is 37.8 Å². The molecular formula is C16H19N3O2. The SMILES string of the molecule is COC1(c2noc(C3(c4ccc(N)cc4)CC3)n2)CCC1. The van der Waals surface area contributed by atoms with Crippen LogP contribution in [0, 0.1) is 0 Å². The number of rotatable bonds is 4. The second kappa shape index (κ2) is 4.31. The number of hydrogen-bond acceptors (Lipinski definition) is 5. The monoisotopic (exact) mass is 285 g/mol. The van der Waals surface area contributed by atoms with Crippen LogP contribution in [0.15, 0.2) is 28.8 Å². The van der Waals surface area contributed by atoms with E-state index < -0.39 is 0 Å². The smallest absolute Gasteiger partial charge is 0.237 e. The Morgan fingerprint density at radius 1 is 1.14 bits per heavy atom. The first-order chi connectivity index (χ1) is 10.2. The zero-order valence-corrected chi connectivity index (χ0v) is 12.1. The van der Waals surface area contributed by atoms with Gasteiger partial charge in [-0.2, -0.15) is 4.98 Å². The largest absolute Gasteiger partial charge is 0.399 e. The molecule has 2 aliphatic rings. The van der Waals surface area contributed by atoms with Crippen molar-refractivity contribution in [2.75, 3.05) is 12.8 Å².